The van der Waals surface area contributed by atoms with E-state index in [0.29, 0.717) is 12.1 Å². The standard InChI is InChI=1S/C13H22N4OS/c1-10(17-4-5-18-9-11(17)2)6-15-12-7-14-8-13(16-12)19-3/h7-8,10-11H,4-6,9H2,1-3H3,(H,15,16)/t10-,11-/m0/s1. The number of hydrogen-bond acceptors (Lipinski definition) is 6. The van der Waals surface area contributed by atoms with Crippen molar-refractivity contribution >= 4 is 17.6 Å². The number of anilines is 1. The highest BCUT2D eigenvalue weighted by molar-refractivity contribution is 7.98. The average molecular weight is 282 g/mol. The SMILES string of the molecule is CSc1cncc(NC[C@H](C)N2CCOC[C@@H]2C)n1. The van der Waals surface area contributed by atoms with Gasteiger partial charge in [-0.15, -0.1) is 11.8 Å². The summed E-state index contributed by atoms with van der Waals surface area (Å²) in [6.07, 6.45) is 5.56. The summed E-state index contributed by atoms with van der Waals surface area (Å²) in [5, 5.41) is 4.31. The van der Waals surface area contributed by atoms with Crippen molar-refractivity contribution in [3.63, 3.8) is 0 Å². The van der Waals surface area contributed by atoms with Crippen molar-refractivity contribution < 1.29 is 4.74 Å². The van der Waals surface area contributed by atoms with E-state index in [-0.39, 0.29) is 0 Å². The number of hydrogen-bond donors (Lipinski definition) is 1. The second-order valence-corrected chi connectivity index (χ2v) is 5.66. The van der Waals surface area contributed by atoms with E-state index in [9.17, 15) is 0 Å². The fourth-order valence-electron chi connectivity index (χ4n) is 2.30. The Kier molecular flexibility index (Phi) is 5.42. The van der Waals surface area contributed by atoms with Crippen LogP contribution in [0.25, 0.3) is 0 Å². The van der Waals surface area contributed by atoms with Gasteiger partial charge in [-0.3, -0.25) is 9.88 Å². The van der Waals surface area contributed by atoms with E-state index in [1.165, 1.54) is 0 Å². The molecule has 0 aromatic carbocycles. The zero-order chi connectivity index (χ0) is 13.7. The average Bonchev–Trinajstić information content (AvgIpc) is 2.45. The van der Waals surface area contributed by atoms with Gasteiger partial charge in [0, 0.05) is 25.2 Å². The molecule has 0 spiro atoms. The van der Waals surface area contributed by atoms with Crippen LogP contribution in [0, 0.1) is 0 Å². The zero-order valence-electron chi connectivity index (χ0n) is 11.8. The Hall–Kier alpha value is -0.850. The summed E-state index contributed by atoms with van der Waals surface area (Å²) >= 11 is 1.61. The Morgan fingerprint density at radius 3 is 3.16 bits per heavy atom. The normalized spacial score (nSPS) is 22.2. The molecule has 1 aromatic rings. The lowest BCUT2D eigenvalue weighted by molar-refractivity contribution is -0.0159. The van der Waals surface area contributed by atoms with Crippen molar-refractivity contribution in [3.05, 3.63) is 12.4 Å². The first-order valence-electron chi connectivity index (χ1n) is 6.64. The second kappa shape index (κ2) is 7.07. The molecule has 2 heterocycles. The zero-order valence-corrected chi connectivity index (χ0v) is 12.6. The Balaban J connectivity index is 1.86. The first kappa shape index (κ1) is 14.6. The number of nitrogens with zero attached hydrogens (tertiary/aromatic N) is 3. The number of ether oxygens (including phenoxy) is 1. The van der Waals surface area contributed by atoms with Crippen LogP contribution < -0.4 is 5.32 Å². The molecule has 2 rings (SSSR count). The molecule has 1 saturated heterocycles. The van der Waals surface area contributed by atoms with Gasteiger partial charge >= 0.3 is 0 Å². The number of aromatic nitrogens is 2. The number of rotatable bonds is 5. The minimum Gasteiger partial charge on any atom is -0.379 e. The molecule has 0 aliphatic carbocycles. The first-order chi connectivity index (χ1) is 9.20. The molecule has 0 unspecified atom stereocenters. The van der Waals surface area contributed by atoms with E-state index in [4.69, 9.17) is 4.74 Å². The van der Waals surface area contributed by atoms with Crippen LogP contribution >= 0.6 is 11.8 Å². The quantitative estimate of drug-likeness (QED) is 0.830. The van der Waals surface area contributed by atoms with Gasteiger partial charge in [0.2, 0.25) is 0 Å². The van der Waals surface area contributed by atoms with Gasteiger partial charge in [0.1, 0.15) is 10.8 Å². The van der Waals surface area contributed by atoms with Crippen molar-refractivity contribution in [2.45, 2.75) is 31.0 Å². The first-order valence-corrected chi connectivity index (χ1v) is 7.86. The molecular formula is C13H22N4OS. The predicted octanol–water partition coefficient (Wildman–Crippen LogP) is 1.72. The van der Waals surface area contributed by atoms with Crippen LogP contribution in [0.2, 0.25) is 0 Å². The van der Waals surface area contributed by atoms with Crippen molar-refractivity contribution in [2.75, 3.05) is 37.9 Å². The molecule has 0 saturated carbocycles. The third kappa shape index (κ3) is 4.06. The maximum absolute atomic E-state index is 5.47. The molecule has 1 fully saturated rings. The summed E-state index contributed by atoms with van der Waals surface area (Å²) in [4.78, 5) is 11.1. The molecule has 2 atom stereocenters. The molecule has 1 aliphatic rings. The van der Waals surface area contributed by atoms with Gasteiger partial charge in [-0.2, -0.15) is 0 Å². The second-order valence-electron chi connectivity index (χ2n) is 4.84. The molecule has 1 N–H and O–H groups in total. The van der Waals surface area contributed by atoms with Crippen LogP contribution in [0.3, 0.4) is 0 Å². The van der Waals surface area contributed by atoms with Gasteiger partial charge in [-0.25, -0.2) is 4.98 Å². The van der Waals surface area contributed by atoms with E-state index in [1.54, 1.807) is 24.2 Å². The number of nitrogens with one attached hydrogen (secondary N) is 1. The molecule has 106 valence electrons. The van der Waals surface area contributed by atoms with Gasteiger partial charge < -0.3 is 10.1 Å². The van der Waals surface area contributed by atoms with Crippen molar-refractivity contribution in [1.29, 1.82) is 0 Å². The van der Waals surface area contributed by atoms with Crippen molar-refractivity contribution in [1.82, 2.24) is 14.9 Å². The molecule has 6 heteroatoms. The third-order valence-electron chi connectivity index (χ3n) is 3.39. The van der Waals surface area contributed by atoms with Crippen LogP contribution in [-0.4, -0.2) is 59.5 Å². The lowest BCUT2D eigenvalue weighted by Gasteiger charge is -2.37. The summed E-state index contributed by atoms with van der Waals surface area (Å²) < 4.78 is 5.47. The monoisotopic (exact) mass is 282 g/mol. The van der Waals surface area contributed by atoms with E-state index in [1.807, 2.05) is 6.26 Å². The molecular weight excluding hydrogens is 260 g/mol. The molecule has 0 radical (unpaired) electrons. The van der Waals surface area contributed by atoms with Gasteiger partial charge in [-0.05, 0) is 20.1 Å². The van der Waals surface area contributed by atoms with Gasteiger partial charge in [0.15, 0.2) is 0 Å². The summed E-state index contributed by atoms with van der Waals surface area (Å²) in [7, 11) is 0. The molecule has 1 aliphatic heterocycles. The topological polar surface area (TPSA) is 50.3 Å². The van der Waals surface area contributed by atoms with Gasteiger partial charge in [0.25, 0.3) is 0 Å². The molecule has 0 bridgehead atoms. The van der Waals surface area contributed by atoms with Crippen LogP contribution in [-0.2, 0) is 4.74 Å². The Bertz CT molecular complexity index is 404. The van der Waals surface area contributed by atoms with Crippen LogP contribution in [0.5, 0.6) is 0 Å². The predicted molar refractivity (Wildman–Crippen MR) is 78.8 cm³/mol. The smallest absolute Gasteiger partial charge is 0.145 e. The fraction of sp³-hybridized carbons (Fsp3) is 0.692. The molecule has 0 amide bonds. The van der Waals surface area contributed by atoms with E-state index >= 15 is 0 Å². The largest absolute Gasteiger partial charge is 0.379 e. The summed E-state index contributed by atoms with van der Waals surface area (Å²) in [5.74, 6) is 0.847. The minimum atomic E-state index is 0.457. The number of thioether (sulfide) groups is 1. The van der Waals surface area contributed by atoms with Crippen LogP contribution in [0.1, 0.15) is 13.8 Å². The van der Waals surface area contributed by atoms with Gasteiger partial charge in [-0.1, -0.05) is 0 Å². The van der Waals surface area contributed by atoms with Crippen LogP contribution in [0.15, 0.2) is 17.4 Å². The maximum Gasteiger partial charge on any atom is 0.145 e. The molecule has 1 aromatic heterocycles. The molecule has 19 heavy (non-hydrogen) atoms. The molecule has 5 nitrogen and oxygen atoms in total. The maximum atomic E-state index is 5.47. The number of morpholine rings is 1. The van der Waals surface area contributed by atoms with E-state index in [2.05, 4.69) is 34.0 Å². The Labute approximate surface area is 119 Å². The summed E-state index contributed by atoms with van der Waals surface area (Å²) in [6.45, 7) is 7.98. The van der Waals surface area contributed by atoms with Crippen molar-refractivity contribution in [3.8, 4) is 0 Å². The van der Waals surface area contributed by atoms with Crippen LogP contribution in [0.4, 0.5) is 5.82 Å². The Morgan fingerprint density at radius 1 is 1.58 bits per heavy atom. The Morgan fingerprint density at radius 2 is 2.42 bits per heavy atom. The van der Waals surface area contributed by atoms with Gasteiger partial charge in [0.05, 0.1) is 25.6 Å². The lowest BCUT2D eigenvalue weighted by atomic mass is 10.2. The third-order valence-corrected chi connectivity index (χ3v) is 4.00. The highest BCUT2D eigenvalue weighted by atomic mass is 32.2. The summed E-state index contributed by atoms with van der Waals surface area (Å²) in [6, 6.07) is 0.938. The fourth-order valence-corrected chi connectivity index (χ4v) is 2.65. The lowest BCUT2D eigenvalue weighted by Crippen LogP contribution is -2.50. The highest BCUT2D eigenvalue weighted by Crippen LogP contribution is 2.14. The van der Waals surface area contributed by atoms with E-state index < -0.39 is 0 Å². The highest BCUT2D eigenvalue weighted by Gasteiger charge is 2.23. The summed E-state index contributed by atoms with van der Waals surface area (Å²) in [5.41, 5.74) is 0. The van der Waals surface area contributed by atoms with E-state index in [0.717, 1.165) is 37.1 Å². The minimum absolute atomic E-state index is 0.457. The van der Waals surface area contributed by atoms with Crippen molar-refractivity contribution in [2.24, 2.45) is 0 Å².